The summed E-state index contributed by atoms with van der Waals surface area (Å²) in [6.07, 6.45) is 1.30. The van der Waals surface area contributed by atoms with E-state index in [1.807, 2.05) is 6.07 Å². The summed E-state index contributed by atoms with van der Waals surface area (Å²) in [5.74, 6) is -1.16. The Kier molecular flexibility index (Phi) is 3.50. The Labute approximate surface area is 148 Å². The second-order valence-corrected chi connectivity index (χ2v) is 6.15. The van der Waals surface area contributed by atoms with Crippen LogP contribution in [0.25, 0.3) is 11.0 Å². The van der Waals surface area contributed by atoms with Crippen LogP contribution in [-0.4, -0.2) is 22.9 Å². The minimum atomic E-state index is -1.25. The molecule has 0 aliphatic carbocycles. The van der Waals surface area contributed by atoms with Crippen molar-refractivity contribution in [3.63, 3.8) is 0 Å². The second kappa shape index (κ2) is 5.73. The van der Waals surface area contributed by atoms with Crippen molar-refractivity contribution < 1.29 is 18.8 Å². The molecule has 3 aromatic rings. The third-order valence-electron chi connectivity index (χ3n) is 4.48. The molecule has 0 saturated carbocycles. The number of carbonyl (C=O) groups is 3. The Balaban J connectivity index is 1.61. The number of urea groups is 1. The number of benzene rings is 2. The van der Waals surface area contributed by atoms with Crippen molar-refractivity contribution in [2.24, 2.45) is 0 Å². The predicted octanol–water partition coefficient (Wildman–Crippen LogP) is 2.54. The van der Waals surface area contributed by atoms with Gasteiger partial charge in [0.2, 0.25) is 0 Å². The van der Waals surface area contributed by atoms with Crippen molar-refractivity contribution in [2.75, 3.05) is 0 Å². The van der Waals surface area contributed by atoms with Crippen LogP contribution in [0.3, 0.4) is 0 Å². The molecule has 1 atom stereocenters. The number of hydrogen-bond acceptors (Lipinski definition) is 4. The van der Waals surface area contributed by atoms with E-state index in [1.165, 1.54) is 6.26 Å². The number of hydrogen-bond donors (Lipinski definition) is 2. The first-order chi connectivity index (χ1) is 12.5. The minimum absolute atomic E-state index is 0.245. The average molecular weight is 349 g/mol. The van der Waals surface area contributed by atoms with Gasteiger partial charge < -0.3 is 9.73 Å². The van der Waals surface area contributed by atoms with Crippen molar-refractivity contribution in [1.82, 2.24) is 15.8 Å². The van der Waals surface area contributed by atoms with E-state index in [0.717, 1.165) is 0 Å². The lowest BCUT2D eigenvalue weighted by atomic mass is 9.92. The molecule has 1 fully saturated rings. The zero-order valence-corrected chi connectivity index (χ0v) is 13.9. The number of para-hydroxylation sites is 1. The number of nitrogens with zero attached hydrogens (tertiary/aromatic N) is 1. The molecule has 1 aliphatic heterocycles. The summed E-state index contributed by atoms with van der Waals surface area (Å²) in [6, 6.07) is 15.2. The van der Waals surface area contributed by atoms with E-state index >= 15 is 0 Å². The van der Waals surface area contributed by atoms with E-state index < -0.39 is 23.4 Å². The van der Waals surface area contributed by atoms with Gasteiger partial charge in [0, 0.05) is 5.39 Å². The van der Waals surface area contributed by atoms with Gasteiger partial charge in [0.25, 0.3) is 11.8 Å². The normalized spacial score (nSPS) is 19.7. The Morgan fingerprint density at radius 3 is 2.54 bits per heavy atom. The van der Waals surface area contributed by atoms with Crippen molar-refractivity contribution in [3.8, 4) is 0 Å². The van der Waals surface area contributed by atoms with Gasteiger partial charge in [0.15, 0.2) is 0 Å². The van der Waals surface area contributed by atoms with Crippen LogP contribution in [0, 0.1) is 0 Å². The molecular formula is C19H15N3O4. The first-order valence-corrected chi connectivity index (χ1v) is 8.00. The highest BCUT2D eigenvalue weighted by Crippen LogP contribution is 2.28. The van der Waals surface area contributed by atoms with Crippen molar-refractivity contribution in [1.29, 1.82) is 0 Å². The molecule has 4 amide bonds. The summed E-state index contributed by atoms with van der Waals surface area (Å²) in [5, 5.41) is 3.94. The largest absolute Gasteiger partial charge is 0.463 e. The number of fused-ring (bicyclic) bond motifs is 1. The number of furan rings is 1. The lowest BCUT2D eigenvalue weighted by Crippen LogP contribution is -2.47. The summed E-state index contributed by atoms with van der Waals surface area (Å²) in [4.78, 5) is 37.7. The first-order valence-electron chi connectivity index (χ1n) is 8.00. The Bertz CT molecular complexity index is 1030. The Morgan fingerprint density at radius 1 is 1.08 bits per heavy atom. The number of hydrazine groups is 1. The third-order valence-corrected chi connectivity index (χ3v) is 4.48. The number of imide groups is 1. The van der Waals surface area contributed by atoms with Crippen LogP contribution in [0.1, 0.15) is 22.8 Å². The van der Waals surface area contributed by atoms with Gasteiger partial charge in [-0.25, -0.2) is 4.79 Å². The van der Waals surface area contributed by atoms with Gasteiger partial charge in [-0.05, 0) is 18.6 Å². The van der Waals surface area contributed by atoms with E-state index in [4.69, 9.17) is 4.42 Å². The van der Waals surface area contributed by atoms with Crippen LogP contribution >= 0.6 is 0 Å². The van der Waals surface area contributed by atoms with Crippen molar-refractivity contribution >= 4 is 28.8 Å². The highest BCUT2D eigenvalue weighted by atomic mass is 16.3. The van der Waals surface area contributed by atoms with Crippen LogP contribution in [0.4, 0.5) is 4.79 Å². The Hall–Kier alpha value is -3.61. The molecule has 1 unspecified atom stereocenters. The monoisotopic (exact) mass is 349 g/mol. The average Bonchev–Trinajstić information content (AvgIpc) is 3.18. The van der Waals surface area contributed by atoms with Crippen LogP contribution in [0.15, 0.2) is 65.3 Å². The molecule has 1 saturated heterocycles. The van der Waals surface area contributed by atoms with Gasteiger partial charge in [-0.1, -0.05) is 48.5 Å². The fourth-order valence-corrected chi connectivity index (χ4v) is 3.02. The molecule has 4 rings (SSSR count). The summed E-state index contributed by atoms with van der Waals surface area (Å²) in [7, 11) is 0. The zero-order chi connectivity index (χ0) is 18.3. The van der Waals surface area contributed by atoms with Gasteiger partial charge in [0.05, 0.1) is 5.56 Å². The summed E-state index contributed by atoms with van der Waals surface area (Å²) >= 11 is 0. The topological polar surface area (TPSA) is 91.7 Å². The first kappa shape index (κ1) is 15.9. The van der Waals surface area contributed by atoms with Crippen molar-refractivity contribution in [2.45, 2.75) is 12.5 Å². The molecule has 2 N–H and O–H groups in total. The highest BCUT2D eigenvalue weighted by Gasteiger charge is 2.50. The number of amides is 4. The van der Waals surface area contributed by atoms with Gasteiger partial charge in [-0.15, -0.1) is 0 Å². The quantitative estimate of drug-likeness (QED) is 0.711. The van der Waals surface area contributed by atoms with Crippen LogP contribution in [0.2, 0.25) is 0 Å². The maximum absolute atomic E-state index is 12.8. The van der Waals surface area contributed by atoms with E-state index in [-0.39, 0.29) is 5.56 Å². The summed E-state index contributed by atoms with van der Waals surface area (Å²) in [6.45, 7) is 1.60. The molecule has 7 nitrogen and oxygen atoms in total. The van der Waals surface area contributed by atoms with Crippen LogP contribution < -0.4 is 10.7 Å². The lowest BCUT2D eigenvalue weighted by Gasteiger charge is -2.22. The number of carbonyl (C=O) groups excluding carboxylic acids is 3. The van der Waals surface area contributed by atoms with Crippen molar-refractivity contribution in [3.05, 3.63) is 72.0 Å². The van der Waals surface area contributed by atoms with Crippen LogP contribution in [-0.2, 0) is 10.3 Å². The molecule has 1 aliphatic rings. The van der Waals surface area contributed by atoms with E-state index in [0.29, 0.717) is 21.5 Å². The molecule has 2 heterocycles. The van der Waals surface area contributed by atoms with Gasteiger partial charge >= 0.3 is 6.03 Å². The Morgan fingerprint density at radius 2 is 1.77 bits per heavy atom. The SMILES string of the molecule is CC1(c2ccccc2)NC(=O)N(NC(=O)c2coc3ccccc23)C1=O. The number of nitrogens with one attached hydrogen (secondary N) is 2. The molecule has 0 radical (unpaired) electrons. The minimum Gasteiger partial charge on any atom is -0.463 e. The molecule has 26 heavy (non-hydrogen) atoms. The van der Waals surface area contributed by atoms with E-state index in [9.17, 15) is 14.4 Å². The van der Waals surface area contributed by atoms with Gasteiger partial charge in [-0.3, -0.25) is 15.0 Å². The number of rotatable bonds is 3. The third kappa shape index (κ3) is 2.33. The second-order valence-electron chi connectivity index (χ2n) is 6.15. The van der Waals surface area contributed by atoms with Gasteiger partial charge in [0.1, 0.15) is 17.4 Å². The fourth-order valence-electron chi connectivity index (χ4n) is 3.02. The molecule has 0 bridgehead atoms. The molecule has 0 spiro atoms. The highest BCUT2D eigenvalue weighted by molar-refractivity contribution is 6.11. The van der Waals surface area contributed by atoms with E-state index in [2.05, 4.69) is 10.7 Å². The predicted molar refractivity (Wildman–Crippen MR) is 92.9 cm³/mol. The van der Waals surface area contributed by atoms with Crippen LogP contribution in [0.5, 0.6) is 0 Å². The summed E-state index contributed by atoms with van der Waals surface area (Å²) < 4.78 is 5.33. The molecule has 130 valence electrons. The zero-order valence-electron chi connectivity index (χ0n) is 13.9. The molecule has 1 aromatic heterocycles. The summed E-state index contributed by atoms with van der Waals surface area (Å²) in [5.41, 5.74) is 2.54. The molecule has 2 aromatic carbocycles. The molecular weight excluding hydrogens is 334 g/mol. The lowest BCUT2D eigenvalue weighted by molar-refractivity contribution is -0.132. The maximum atomic E-state index is 12.8. The fraction of sp³-hybridized carbons (Fsp3) is 0.105. The van der Waals surface area contributed by atoms with E-state index in [1.54, 1.807) is 55.5 Å². The maximum Gasteiger partial charge on any atom is 0.344 e. The standard InChI is InChI=1S/C19H15N3O4/c1-19(12-7-3-2-4-8-12)17(24)22(18(25)20-19)21-16(23)14-11-26-15-10-6-5-9-13(14)15/h2-11H,1H3,(H,20,25)(H,21,23). The molecule has 7 heteroatoms. The van der Waals surface area contributed by atoms with Gasteiger partial charge in [-0.2, -0.15) is 5.01 Å². The smallest absolute Gasteiger partial charge is 0.344 e.